The molecule has 21 heavy (non-hydrogen) atoms. The molecule has 0 saturated heterocycles. The smallest absolute Gasteiger partial charge is 0.133 e. The van der Waals surface area contributed by atoms with Crippen LogP contribution in [0.15, 0.2) is 48.5 Å². The van der Waals surface area contributed by atoms with Crippen LogP contribution in [0.1, 0.15) is 49.0 Å². The van der Waals surface area contributed by atoms with Crippen LogP contribution in [0, 0.1) is 0 Å². The molecular formula is C19H22O2. The van der Waals surface area contributed by atoms with Gasteiger partial charge in [-0.15, -0.1) is 0 Å². The third kappa shape index (κ3) is 2.81. The number of fused-ring (bicyclic) bond motifs is 1. The molecule has 1 aliphatic rings. The second-order valence-corrected chi connectivity index (χ2v) is 5.88. The Hall–Kier alpha value is -1.80. The SMILES string of the molecule is CCC(C)c1ccc(OC2Cc3ccccc3C2O)cc1. The third-order valence-electron chi connectivity index (χ3n) is 4.50. The zero-order valence-corrected chi connectivity index (χ0v) is 12.6. The highest BCUT2D eigenvalue weighted by molar-refractivity contribution is 5.36. The van der Waals surface area contributed by atoms with E-state index in [0.717, 1.165) is 24.2 Å². The molecule has 0 spiro atoms. The quantitative estimate of drug-likeness (QED) is 0.909. The van der Waals surface area contributed by atoms with Crippen molar-refractivity contribution in [2.24, 2.45) is 0 Å². The minimum atomic E-state index is -0.532. The van der Waals surface area contributed by atoms with Crippen LogP contribution in [0.25, 0.3) is 0 Å². The first-order valence-corrected chi connectivity index (χ1v) is 7.71. The number of hydrogen-bond donors (Lipinski definition) is 1. The molecule has 0 saturated carbocycles. The van der Waals surface area contributed by atoms with Crippen molar-refractivity contribution in [3.05, 3.63) is 65.2 Å². The second-order valence-electron chi connectivity index (χ2n) is 5.88. The normalized spacial score (nSPS) is 21.9. The van der Waals surface area contributed by atoms with Gasteiger partial charge in [0.1, 0.15) is 18.0 Å². The largest absolute Gasteiger partial charge is 0.487 e. The Morgan fingerprint density at radius 3 is 2.52 bits per heavy atom. The summed E-state index contributed by atoms with van der Waals surface area (Å²) in [4.78, 5) is 0. The van der Waals surface area contributed by atoms with E-state index >= 15 is 0 Å². The number of benzene rings is 2. The lowest BCUT2D eigenvalue weighted by Gasteiger charge is -2.18. The van der Waals surface area contributed by atoms with Gasteiger partial charge in [-0.2, -0.15) is 0 Å². The lowest BCUT2D eigenvalue weighted by molar-refractivity contribution is 0.0494. The van der Waals surface area contributed by atoms with Gasteiger partial charge in [-0.25, -0.2) is 0 Å². The Kier molecular flexibility index (Phi) is 3.98. The maximum atomic E-state index is 10.4. The molecule has 2 heteroatoms. The maximum Gasteiger partial charge on any atom is 0.133 e. The molecule has 0 bridgehead atoms. The summed E-state index contributed by atoms with van der Waals surface area (Å²) in [6, 6.07) is 16.3. The Morgan fingerprint density at radius 2 is 1.86 bits per heavy atom. The molecule has 1 N–H and O–H groups in total. The molecule has 0 amide bonds. The Labute approximate surface area is 126 Å². The van der Waals surface area contributed by atoms with Gasteiger partial charge in [-0.05, 0) is 41.2 Å². The zero-order chi connectivity index (χ0) is 14.8. The summed E-state index contributed by atoms with van der Waals surface area (Å²) in [6.45, 7) is 4.43. The van der Waals surface area contributed by atoms with Crippen molar-refractivity contribution in [1.29, 1.82) is 0 Å². The summed E-state index contributed by atoms with van der Waals surface area (Å²) in [7, 11) is 0. The van der Waals surface area contributed by atoms with Crippen molar-refractivity contribution >= 4 is 0 Å². The monoisotopic (exact) mass is 282 g/mol. The van der Waals surface area contributed by atoms with Crippen LogP contribution in [0.3, 0.4) is 0 Å². The van der Waals surface area contributed by atoms with Crippen LogP contribution < -0.4 is 4.74 Å². The van der Waals surface area contributed by atoms with Gasteiger partial charge >= 0.3 is 0 Å². The first kappa shape index (κ1) is 14.2. The molecule has 0 aliphatic heterocycles. The lowest BCUT2D eigenvalue weighted by Crippen LogP contribution is -2.21. The fourth-order valence-electron chi connectivity index (χ4n) is 2.93. The van der Waals surface area contributed by atoms with E-state index in [1.54, 1.807) is 0 Å². The topological polar surface area (TPSA) is 29.5 Å². The van der Waals surface area contributed by atoms with Crippen LogP contribution in [-0.4, -0.2) is 11.2 Å². The number of aliphatic hydroxyl groups excluding tert-OH is 1. The van der Waals surface area contributed by atoms with Gasteiger partial charge in [0.05, 0.1) is 0 Å². The number of rotatable bonds is 4. The van der Waals surface area contributed by atoms with E-state index in [2.05, 4.69) is 32.0 Å². The number of aliphatic hydroxyl groups is 1. The van der Waals surface area contributed by atoms with Gasteiger partial charge in [-0.3, -0.25) is 0 Å². The van der Waals surface area contributed by atoms with Crippen molar-refractivity contribution in [3.8, 4) is 5.75 Å². The average molecular weight is 282 g/mol. The molecule has 2 nitrogen and oxygen atoms in total. The Balaban J connectivity index is 1.71. The fourth-order valence-corrected chi connectivity index (χ4v) is 2.93. The zero-order valence-electron chi connectivity index (χ0n) is 12.6. The fraction of sp³-hybridized carbons (Fsp3) is 0.368. The first-order chi connectivity index (χ1) is 10.2. The summed E-state index contributed by atoms with van der Waals surface area (Å²) in [6.07, 6.45) is 1.19. The minimum absolute atomic E-state index is 0.183. The van der Waals surface area contributed by atoms with Gasteiger partial charge in [0.25, 0.3) is 0 Å². The highest BCUT2D eigenvalue weighted by Crippen LogP contribution is 2.34. The molecule has 3 atom stereocenters. The van der Waals surface area contributed by atoms with E-state index in [-0.39, 0.29) is 6.10 Å². The van der Waals surface area contributed by atoms with E-state index in [9.17, 15) is 5.11 Å². The highest BCUT2D eigenvalue weighted by Gasteiger charge is 2.32. The maximum absolute atomic E-state index is 10.4. The molecule has 2 aromatic rings. The van der Waals surface area contributed by atoms with Crippen LogP contribution in [-0.2, 0) is 6.42 Å². The van der Waals surface area contributed by atoms with E-state index in [1.807, 2.05) is 30.3 Å². The lowest BCUT2D eigenvalue weighted by atomic mass is 9.99. The number of hydrogen-bond acceptors (Lipinski definition) is 2. The third-order valence-corrected chi connectivity index (χ3v) is 4.50. The number of ether oxygens (including phenoxy) is 1. The molecule has 0 heterocycles. The summed E-state index contributed by atoms with van der Waals surface area (Å²) in [5, 5.41) is 10.4. The average Bonchev–Trinajstić information content (AvgIpc) is 2.84. The Bertz CT molecular complexity index is 603. The van der Waals surface area contributed by atoms with Gasteiger partial charge in [0.15, 0.2) is 0 Å². The van der Waals surface area contributed by atoms with Crippen molar-refractivity contribution in [2.45, 2.75) is 44.8 Å². The summed E-state index contributed by atoms with van der Waals surface area (Å²) < 4.78 is 5.99. The molecule has 0 fully saturated rings. The van der Waals surface area contributed by atoms with E-state index in [0.29, 0.717) is 5.92 Å². The molecule has 3 rings (SSSR count). The van der Waals surface area contributed by atoms with E-state index in [4.69, 9.17) is 4.74 Å². The first-order valence-electron chi connectivity index (χ1n) is 7.71. The van der Waals surface area contributed by atoms with Gasteiger partial charge in [0.2, 0.25) is 0 Å². The van der Waals surface area contributed by atoms with E-state index < -0.39 is 6.10 Å². The van der Waals surface area contributed by atoms with Crippen LogP contribution in [0.5, 0.6) is 5.75 Å². The molecule has 1 aliphatic carbocycles. The molecular weight excluding hydrogens is 260 g/mol. The molecule has 3 unspecified atom stereocenters. The summed E-state index contributed by atoms with van der Waals surface area (Å²) >= 11 is 0. The minimum Gasteiger partial charge on any atom is -0.487 e. The second kappa shape index (κ2) is 5.90. The van der Waals surface area contributed by atoms with Gasteiger partial charge in [-0.1, -0.05) is 50.2 Å². The van der Waals surface area contributed by atoms with Crippen molar-refractivity contribution < 1.29 is 9.84 Å². The molecule has 0 aromatic heterocycles. The highest BCUT2D eigenvalue weighted by atomic mass is 16.5. The predicted octanol–water partition coefficient (Wildman–Crippen LogP) is 4.24. The van der Waals surface area contributed by atoms with Gasteiger partial charge in [0, 0.05) is 6.42 Å². The molecule has 2 aromatic carbocycles. The summed E-state index contributed by atoms with van der Waals surface area (Å²) in [5.74, 6) is 1.40. The van der Waals surface area contributed by atoms with Crippen LogP contribution in [0.4, 0.5) is 0 Å². The van der Waals surface area contributed by atoms with Gasteiger partial charge < -0.3 is 9.84 Å². The molecule has 0 radical (unpaired) electrons. The van der Waals surface area contributed by atoms with Crippen molar-refractivity contribution in [1.82, 2.24) is 0 Å². The molecule has 110 valence electrons. The standard InChI is InChI=1S/C19H22O2/c1-3-13(2)14-8-10-16(11-9-14)21-18-12-15-6-4-5-7-17(15)19(18)20/h4-11,13,18-20H,3,12H2,1-2H3. The Morgan fingerprint density at radius 1 is 1.14 bits per heavy atom. The predicted molar refractivity (Wildman–Crippen MR) is 84.7 cm³/mol. The van der Waals surface area contributed by atoms with Crippen LogP contribution >= 0.6 is 0 Å². The van der Waals surface area contributed by atoms with Crippen LogP contribution in [0.2, 0.25) is 0 Å². The van der Waals surface area contributed by atoms with E-state index in [1.165, 1.54) is 11.1 Å². The summed E-state index contributed by atoms with van der Waals surface area (Å²) in [5.41, 5.74) is 3.52. The van der Waals surface area contributed by atoms with Crippen molar-refractivity contribution in [3.63, 3.8) is 0 Å². The van der Waals surface area contributed by atoms with Crippen molar-refractivity contribution in [2.75, 3.05) is 0 Å².